The van der Waals surface area contributed by atoms with Crippen LogP contribution in [0.4, 0.5) is 21.9 Å². The van der Waals surface area contributed by atoms with Crippen LogP contribution in [0.2, 0.25) is 0 Å². The molecule has 8 heteroatoms. The van der Waals surface area contributed by atoms with Gasteiger partial charge < -0.3 is 10.6 Å². The maximum absolute atomic E-state index is 12.1. The highest BCUT2D eigenvalue weighted by atomic mass is 35.5. The van der Waals surface area contributed by atoms with E-state index in [1.165, 1.54) is 4.90 Å². The van der Waals surface area contributed by atoms with Crippen LogP contribution in [0.5, 0.6) is 0 Å². The summed E-state index contributed by atoms with van der Waals surface area (Å²) in [5.74, 6) is 0. The molecule has 0 bridgehead atoms. The Morgan fingerprint density at radius 1 is 0.920 bits per heavy atom. The van der Waals surface area contributed by atoms with Gasteiger partial charge in [0.2, 0.25) is 0 Å². The Bertz CT molecular complexity index is 850. The van der Waals surface area contributed by atoms with Gasteiger partial charge in [-0.05, 0) is 42.5 Å². The first-order valence-corrected chi connectivity index (χ1v) is 7.14. The highest BCUT2D eigenvalue weighted by molar-refractivity contribution is 6.05. The van der Waals surface area contributed by atoms with Gasteiger partial charge in [-0.2, -0.15) is 0 Å². The fourth-order valence-corrected chi connectivity index (χ4v) is 2.43. The van der Waals surface area contributed by atoms with Gasteiger partial charge in [-0.25, -0.2) is 4.79 Å². The van der Waals surface area contributed by atoms with E-state index in [1.54, 1.807) is 24.5 Å². The number of nitrogens with two attached hydrogens (primary N) is 1. The Balaban J connectivity index is 0.00000156. The lowest BCUT2D eigenvalue weighted by Crippen LogP contribution is -2.31. The van der Waals surface area contributed by atoms with Crippen molar-refractivity contribution in [1.29, 1.82) is 0 Å². The van der Waals surface area contributed by atoms with Crippen molar-refractivity contribution in [2.24, 2.45) is 5.73 Å². The van der Waals surface area contributed by atoms with Gasteiger partial charge in [0.25, 0.3) is 0 Å². The van der Waals surface area contributed by atoms with Gasteiger partial charge in [0, 0.05) is 32.2 Å². The van der Waals surface area contributed by atoms with E-state index in [0.29, 0.717) is 22.4 Å². The fraction of sp³-hybridized carbons (Fsp3) is 0.118. The first-order chi connectivity index (χ1) is 11.1. The van der Waals surface area contributed by atoms with Gasteiger partial charge in [-0.15, -0.1) is 24.8 Å². The van der Waals surface area contributed by atoms with E-state index in [9.17, 15) is 4.79 Å². The zero-order valence-corrected chi connectivity index (χ0v) is 15.4. The molecule has 0 atom stereocenters. The van der Waals surface area contributed by atoms with Crippen molar-refractivity contribution in [2.75, 3.05) is 23.9 Å². The summed E-state index contributed by atoms with van der Waals surface area (Å²) in [4.78, 5) is 24.1. The molecule has 0 saturated carbocycles. The van der Waals surface area contributed by atoms with E-state index in [2.05, 4.69) is 9.97 Å². The molecule has 1 aromatic carbocycles. The van der Waals surface area contributed by atoms with E-state index in [0.717, 1.165) is 5.69 Å². The lowest BCUT2D eigenvalue weighted by molar-refractivity contribution is 0.256. The SMILES string of the molecule is CN(C)c1ccc(N(C(N)=O)c2ccnc3cccnc23)cc1.Cl.Cl. The number of nitrogens with zero attached hydrogens (tertiary/aromatic N) is 4. The van der Waals surface area contributed by atoms with Crippen molar-refractivity contribution in [3.05, 3.63) is 54.9 Å². The molecule has 0 aliphatic carbocycles. The molecule has 132 valence electrons. The largest absolute Gasteiger partial charge is 0.378 e. The van der Waals surface area contributed by atoms with Gasteiger partial charge in [0.1, 0.15) is 5.52 Å². The third-order valence-electron chi connectivity index (χ3n) is 3.56. The Morgan fingerprint density at radius 2 is 1.56 bits per heavy atom. The van der Waals surface area contributed by atoms with Crippen LogP contribution in [-0.2, 0) is 0 Å². The Hall–Kier alpha value is -2.57. The van der Waals surface area contributed by atoms with Crippen LogP contribution in [0.1, 0.15) is 0 Å². The summed E-state index contributed by atoms with van der Waals surface area (Å²) in [7, 11) is 3.92. The Morgan fingerprint density at radius 3 is 2.16 bits per heavy atom. The zero-order chi connectivity index (χ0) is 16.4. The third-order valence-corrected chi connectivity index (χ3v) is 3.56. The molecule has 3 aromatic rings. The lowest BCUT2D eigenvalue weighted by atomic mass is 10.2. The minimum absolute atomic E-state index is 0. The summed E-state index contributed by atoms with van der Waals surface area (Å²) < 4.78 is 0. The molecule has 2 heterocycles. The van der Waals surface area contributed by atoms with Gasteiger partial charge in [0.05, 0.1) is 16.9 Å². The summed E-state index contributed by atoms with van der Waals surface area (Å²) in [5.41, 5.74) is 9.29. The number of hydrogen-bond acceptors (Lipinski definition) is 4. The van der Waals surface area contributed by atoms with Crippen LogP contribution < -0.4 is 15.5 Å². The second kappa shape index (κ2) is 8.50. The second-order valence-electron chi connectivity index (χ2n) is 5.29. The number of aromatic nitrogens is 2. The minimum Gasteiger partial charge on any atom is -0.378 e. The number of fused-ring (bicyclic) bond motifs is 1. The summed E-state index contributed by atoms with van der Waals surface area (Å²) in [6, 6.07) is 12.4. The molecule has 0 aliphatic heterocycles. The predicted molar refractivity (Wildman–Crippen MR) is 107 cm³/mol. The first kappa shape index (κ1) is 20.5. The van der Waals surface area contributed by atoms with Crippen molar-refractivity contribution >= 4 is 58.9 Å². The monoisotopic (exact) mass is 379 g/mol. The Labute approximate surface area is 158 Å². The molecular weight excluding hydrogens is 361 g/mol. The number of hydrogen-bond donors (Lipinski definition) is 1. The van der Waals surface area contributed by atoms with Gasteiger partial charge >= 0.3 is 6.03 Å². The molecule has 3 rings (SSSR count). The molecule has 0 spiro atoms. The molecule has 0 saturated heterocycles. The van der Waals surface area contributed by atoms with Crippen LogP contribution in [0.3, 0.4) is 0 Å². The molecule has 2 aromatic heterocycles. The number of pyridine rings is 2. The number of halogens is 2. The molecule has 2 amide bonds. The topological polar surface area (TPSA) is 75.3 Å². The highest BCUT2D eigenvalue weighted by Gasteiger charge is 2.18. The standard InChI is InChI=1S/C17H17N5O.2ClH/c1-21(2)12-5-7-13(8-6-12)22(17(18)23)15-9-11-19-14-4-3-10-20-16(14)15;;/h3-11H,1-2H3,(H2,18,23);2*1H. The summed E-state index contributed by atoms with van der Waals surface area (Å²) in [5, 5.41) is 0. The van der Waals surface area contributed by atoms with Crippen molar-refractivity contribution in [2.45, 2.75) is 0 Å². The maximum atomic E-state index is 12.1. The molecule has 0 radical (unpaired) electrons. The molecular formula is C17H19Cl2N5O. The number of primary amides is 1. The zero-order valence-electron chi connectivity index (χ0n) is 13.8. The first-order valence-electron chi connectivity index (χ1n) is 7.14. The van der Waals surface area contributed by atoms with E-state index in [4.69, 9.17) is 5.73 Å². The van der Waals surface area contributed by atoms with Crippen LogP contribution >= 0.6 is 24.8 Å². The number of carbonyl (C=O) groups is 1. The van der Waals surface area contributed by atoms with E-state index < -0.39 is 6.03 Å². The van der Waals surface area contributed by atoms with Gasteiger partial charge in [-0.3, -0.25) is 14.9 Å². The van der Waals surface area contributed by atoms with Gasteiger partial charge in [-0.1, -0.05) is 0 Å². The summed E-state index contributed by atoms with van der Waals surface area (Å²) in [6.45, 7) is 0. The van der Waals surface area contributed by atoms with E-state index in [-0.39, 0.29) is 24.8 Å². The van der Waals surface area contributed by atoms with Crippen molar-refractivity contribution in [1.82, 2.24) is 9.97 Å². The number of rotatable bonds is 3. The molecule has 0 fully saturated rings. The molecule has 0 aliphatic rings. The van der Waals surface area contributed by atoms with Crippen LogP contribution in [0.15, 0.2) is 54.9 Å². The van der Waals surface area contributed by atoms with Crippen LogP contribution in [-0.4, -0.2) is 30.1 Å². The molecule has 25 heavy (non-hydrogen) atoms. The fourth-order valence-electron chi connectivity index (χ4n) is 2.43. The number of amides is 2. The predicted octanol–water partition coefficient (Wildman–Crippen LogP) is 3.76. The lowest BCUT2D eigenvalue weighted by Gasteiger charge is -2.22. The molecule has 0 unspecified atom stereocenters. The Kier molecular flexibility index (Phi) is 6.97. The van der Waals surface area contributed by atoms with E-state index >= 15 is 0 Å². The molecule has 6 nitrogen and oxygen atoms in total. The number of anilines is 3. The smallest absolute Gasteiger partial charge is 0.323 e. The van der Waals surface area contributed by atoms with E-state index in [1.807, 2.05) is 49.3 Å². The average Bonchev–Trinajstić information content (AvgIpc) is 2.55. The number of urea groups is 1. The minimum atomic E-state index is -0.569. The average molecular weight is 380 g/mol. The van der Waals surface area contributed by atoms with Gasteiger partial charge in [0.15, 0.2) is 0 Å². The van der Waals surface area contributed by atoms with Crippen molar-refractivity contribution in [3.8, 4) is 0 Å². The van der Waals surface area contributed by atoms with Crippen molar-refractivity contribution < 1.29 is 4.79 Å². The summed E-state index contributed by atoms with van der Waals surface area (Å²) in [6.07, 6.45) is 3.31. The third kappa shape index (κ3) is 4.10. The normalized spacial score (nSPS) is 9.68. The number of benzene rings is 1. The van der Waals surface area contributed by atoms with Crippen LogP contribution in [0.25, 0.3) is 11.0 Å². The number of carbonyl (C=O) groups excluding carboxylic acids is 1. The summed E-state index contributed by atoms with van der Waals surface area (Å²) >= 11 is 0. The highest BCUT2D eigenvalue weighted by Crippen LogP contribution is 2.31. The maximum Gasteiger partial charge on any atom is 0.323 e. The second-order valence-corrected chi connectivity index (χ2v) is 5.29. The quantitative estimate of drug-likeness (QED) is 0.751. The van der Waals surface area contributed by atoms with Crippen molar-refractivity contribution in [3.63, 3.8) is 0 Å². The molecule has 2 N–H and O–H groups in total. The van der Waals surface area contributed by atoms with Crippen LogP contribution in [0, 0.1) is 0 Å².